The van der Waals surface area contributed by atoms with Crippen LogP contribution in [0.3, 0.4) is 0 Å². The molecule has 5 heterocycles. The Labute approximate surface area is 259 Å². The molecule has 6 fully saturated rings. The van der Waals surface area contributed by atoms with Gasteiger partial charge in [0.15, 0.2) is 18.0 Å². The first-order valence-electron chi connectivity index (χ1n) is 15.9. The van der Waals surface area contributed by atoms with Gasteiger partial charge < -0.3 is 53.2 Å². The molecule has 0 radical (unpaired) electrons. The number of hydrogen-bond acceptors (Lipinski definition) is 14. The van der Waals surface area contributed by atoms with E-state index in [1.807, 2.05) is 13.8 Å². The predicted octanol–water partition coefficient (Wildman–Crippen LogP) is -0.569. The van der Waals surface area contributed by atoms with Crippen molar-refractivity contribution in [1.82, 2.24) is 0 Å². The number of ether oxygens (including phenoxy) is 8. The summed E-state index contributed by atoms with van der Waals surface area (Å²) in [6.07, 6.45) is -6.93. The van der Waals surface area contributed by atoms with E-state index in [4.69, 9.17) is 37.9 Å². The normalized spacial score (nSPS) is 51.5. The second-order valence-corrected chi connectivity index (χ2v) is 14.3. The van der Waals surface area contributed by atoms with Crippen molar-refractivity contribution in [1.29, 1.82) is 0 Å². The molecule has 0 aromatic carbocycles. The van der Waals surface area contributed by atoms with Crippen LogP contribution in [0.15, 0.2) is 11.1 Å². The number of aliphatic hydroxyl groups is 3. The van der Waals surface area contributed by atoms with Crippen LogP contribution in [0.1, 0.15) is 52.9 Å². The molecule has 8 aliphatic rings. The lowest BCUT2D eigenvalue weighted by atomic mass is 9.46. The van der Waals surface area contributed by atoms with Gasteiger partial charge in [0.05, 0.1) is 18.9 Å². The average molecular weight is 637 g/mol. The summed E-state index contributed by atoms with van der Waals surface area (Å²) in [5.41, 5.74) is -0.961. The van der Waals surface area contributed by atoms with E-state index in [-0.39, 0.29) is 54.4 Å². The topological polar surface area (TPSA) is 196 Å². The van der Waals surface area contributed by atoms with Crippen molar-refractivity contribution >= 4 is 17.9 Å². The van der Waals surface area contributed by atoms with E-state index >= 15 is 0 Å². The van der Waals surface area contributed by atoms with E-state index in [1.54, 1.807) is 0 Å². The highest BCUT2D eigenvalue weighted by atomic mass is 16.8. The number of rotatable bonds is 8. The van der Waals surface area contributed by atoms with Crippen LogP contribution in [0.25, 0.3) is 0 Å². The number of cyclic esters (lactones) is 1. The monoisotopic (exact) mass is 636 g/mol. The fraction of sp³-hybridized carbons (Fsp3) is 0.839. The minimum Gasteiger partial charge on any atom is -0.463 e. The molecule has 3 aliphatic carbocycles. The van der Waals surface area contributed by atoms with Crippen molar-refractivity contribution in [3.05, 3.63) is 11.1 Å². The Balaban J connectivity index is 0.965. The van der Waals surface area contributed by atoms with Crippen LogP contribution in [-0.4, -0.2) is 125 Å². The SMILES string of the molecule is CO[C@H]1OC(COC(=O)CCC(=O)O[C@@H]2[C@@]3(C(C)C)O[C@H]3[C@@H]3O[C@]34[C@]23O[C@H]3C[C@H]2C3=C(CC[C@@]24C)C(=O)OC3)[C@@H](O)[C@H](O)C1O. The molecule has 0 aromatic heterocycles. The maximum absolute atomic E-state index is 13.4. The Morgan fingerprint density at radius 3 is 2.51 bits per heavy atom. The van der Waals surface area contributed by atoms with E-state index < -0.39 is 72.2 Å². The van der Waals surface area contributed by atoms with Gasteiger partial charge in [-0.05, 0) is 36.7 Å². The highest BCUT2D eigenvalue weighted by Gasteiger charge is 3.01. The van der Waals surface area contributed by atoms with Gasteiger partial charge in [-0.25, -0.2) is 4.79 Å². The maximum atomic E-state index is 13.4. The minimum absolute atomic E-state index is 0.00884. The molecule has 2 unspecified atom stereocenters. The summed E-state index contributed by atoms with van der Waals surface area (Å²) in [6, 6.07) is 0. The van der Waals surface area contributed by atoms with Gasteiger partial charge in [-0.3, -0.25) is 9.59 Å². The van der Waals surface area contributed by atoms with Gasteiger partial charge in [-0.1, -0.05) is 20.8 Å². The summed E-state index contributed by atoms with van der Waals surface area (Å²) in [5, 5.41) is 30.2. The molecule has 14 nitrogen and oxygen atoms in total. The van der Waals surface area contributed by atoms with E-state index in [1.165, 1.54) is 7.11 Å². The van der Waals surface area contributed by atoms with E-state index in [0.29, 0.717) is 25.9 Å². The number of methoxy groups -OCH3 is 1. The lowest BCUT2D eigenvalue weighted by molar-refractivity contribution is -0.295. The number of epoxide rings is 3. The Kier molecular flexibility index (Phi) is 6.50. The fourth-order valence-corrected chi connectivity index (χ4v) is 9.73. The van der Waals surface area contributed by atoms with Crippen LogP contribution in [0.4, 0.5) is 0 Å². The molecule has 5 aliphatic heterocycles. The molecular formula is C31H40O14. The highest BCUT2D eigenvalue weighted by Crippen LogP contribution is 2.83. The van der Waals surface area contributed by atoms with Crippen molar-refractivity contribution in [2.45, 2.75) is 125 Å². The van der Waals surface area contributed by atoms with Crippen LogP contribution in [0, 0.1) is 17.3 Å². The van der Waals surface area contributed by atoms with Gasteiger partial charge in [0.25, 0.3) is 0 Å². The summed E-state index contributed by atoms with van der Waals surface area (Å²) < 4.78 is 47.0. The zero-order valence-corrected chi connectivity index (χ0v) is 25.6. The lowest BCUT2D eigenvalue weighted by Gasteiger charge is -2.53. The molecule has 0 aromatic rings. The molecule has 8 rings (SSSR count). The largest absolute Gasteiger partial charge is 0.463 e. The third-order valence-electron chi connectivity index (χ3n) is 12.2. The molecule has 248 valence electrons. The number of aliphatic hydroxyl groups excluding tert-OH is 3. The third kappa shape index (κ3) is 3.71. The number of carbonyl (C=O) groups excluding carboxylic acids is 3. The van der Waals surface area contributed by atoms with E-state index in [0.717, 1.165) is 11.1 Å². The van der Waals surface area contributed by atoms with Crippen LogP contribution in [-0.2, 0) is 52.3 Å². The summed E-state index contributed by atoms with van der Waals surface area (Å²) in [5.74, 6) is -1.53. The number of fused-ring (bicyclic) bond motifs is 4. The van der Waals surface area contributed by atoms with E-state index in [2.05, 4.69) is 6.92 Å². The fourth-order valence-electron chi connectivity index (χ4n) is 9.73. The van der Waals surface area contributed by atoms with Gasteiger partial charge in [0.1, 0.15) is 61.0 Å². The van der Waals surface area contributed by atoms with Crippen LogP contribution in [0.2, 0.25) is 0 Å². The standard InChI is InChI=1S/C31H40O14/c1-12(2)29-23(44-29)24-31(45-24)28(3)8-7-13-14(10-40-25(13)37)15(28)9-17-30(31,43-17)27(29)42-19(33)6-5-18(32)39-11-16-20(34)21(35)22(36)26(38-4)41-16/h12,15-17,20-24,26-27,34-36H,5-11H2,1-4H3/t15-,16?,17-,20+,21-,22?,23-,24-,26-,27+,28-,29-,30+,31+/m0/s1. The summed E-state index contributed by atoms with van der Waals surface area (Å²) in [4.78, 5) is 38.4. The average Bonchev–Trinajstić information content (AvgIpc) is 3.93. The van der Waals surface area contributed by atoms with Gasteiger partial charge >= 0.3 is 17.9 Å². The first-order chi connectivity index (χ1) is 21.4. The van der Waals surface area contributed by atoms with Crippen molar-refractivity contribution in [3.63, 3.8) is 0 Å². The second kappa shape index (κ2) is 9.69. The van der Waals surface area contributed by atoms with Crippen molar-refractivity contribution in [3.8, 4) is 0 Å². The van der Waals surface area contributed by atoms with Crippen LogP contribution < -0.4 is 0 Å². The zero-order chi connectivity index (χ0) is 31.8. The molecule has 14 heteroatoms. The molecule has 3 N–H and O–H groups in total. The predicted molar refractivity (Wildman–Crippen MR) is 145 cm³/mol. The molecule has 4 saturated heterocycles. The minimum atomic E-state index is -1.55. The molecule has 0 amide bonds. The first kappa shape index (κ1) is 30.2. The van der Waals surface area contributed by atoms with Crippen LogP contribution in [0.5, 0.6) is 0 Å². The van der Waals surface area contributed by atoms with Crippen LogP contribution >= 0.6 is 0 Å². The quantitative estimate of drug-likeness (QED) is 0.174. The molecular weight excluding hydrogens is 596 g/mol. The molecule has 0 bridgehead atoms. The summed E-state index contributed by atoms with van der Waals surface area (Å²) in [7, 11) is 1.27. The van der Waals surface area contributed by atoms with Gasteiger partial charge in [0, 0.05) is 18.1 Å². The van der Waals surface area contributed by atoms with E-state index in [9.17, 15) is 29.7 Å². The Morgan fingerprint density at radius 1 is 1.02 bits per heavy atom. The van der Waals surface area contributed by atoms with Crippen molar-refractivity contribution < 1.29 is 67.6 Å². The van der Waals surface area contributed by atoms with Crippen molar-refractivity contribution in [2.24, 2.45) is 17.3 Å². The van der Waals surface area contributed by atoms with Gasteiger partial charge in [0.2, 0.25) is 0 Å². The van der Waals surface area contributed by atoms with Gasteiger partial charge in [-0.15, -0.1) is 0 Å². The summed E-state index contributed by atoms with van der Waals surface area (Å²) in [6.45, 7) is 6.13. The Bertz CT molecular complexity index is 1360. The zero-order valence-electron chi connectivity index (χ0n) is 25.6. The Morgan fingerprint density at radius 2 is 1.78 bits per heavy atom. The molecule has 45 heavy (non-hydrogen) atoms. The molecule has 2 saturated carbocycles. The number of hydrogen-bond donors (Lipinski definition) is 3. The van der Waals surface area contributed by atoms with Crippen molar-refractivity contribution in [2.75, 3.05) is 20.3 Å². The first-order valence-corrected chi connectivity index (χ1v) is 15.9. The number of carbonyl (C=O) groups is 3. The summed E-state index contributed by atoms with van der Waals surface area (Å²) >= 11 is 0. The smallest absolute Gasteiger partial charge is 0.334 e. The third-order valence-corrected chi connectivity index (χ3v) is 12.2. The number of esters is 3. The second-order valence-electron chi connectivity index (χ2n) is 14.3. The Hall–Kier alpha value is -2.17. The van der Waals surface area contributed by atoms with Gasteiger partial charge in [-0.2, -0.15) is 0 Å². The molecule has 14 atom stereocenters. The lowest BCUT2D eigenvalue weighted by Crippen LogP contribution is -2.70. The molecule has 2 spiro atoms. The maximum Gasteiger partial charge on any atom is 0.334 e. The highest BCUT2D eigenvalue weighted by molar-refractivity contribution is 5.92.